The third kappa shape index (κ3) is 15.9. The minimum absolute atomic E-state index is 0.213. The van der Waals surface area contributed by atoms with E-state index in [1.165, 1.54) is 17.5 Å². The van der Waals surface area contributed by atoms with E-state index in [0.717, 1.165) is 67.1 Å². The summed E-state index contributed by atoms with van der Waals surface area (Å²) in [6.07, 6.45) is 4.03. The van der Waals surface area contributed by atoms with E-state index in [1.54, 1.807) is 0 Å². The van der Waals surface area contributed by atoms with Gasteiger partial charge in [-0.15, -0.1) is 0 Å². The number of amides is 2. The van der Waals surface area contributed by atoms with Crippen molar-refractivity contribution in [2.24, 2.45) is 11.8 Å². The van der Waals surface area contributed by atoms with Crippen molar-refractivity contribution in [1.29, 1.82) is 0 Å². The molecule has 0 unspecified atom stereocenters. The second-order valence-electron chi connectivity index (χ2n) is 12.4. The normalized spacial score (nSPS) is 13.4. The lowest BCUT2D eigenvalue weighted by molar-refractivity contribution is -0.123. The number of alkyl carbamates (subject to hydrolysis) is 2. The van der Waals surface area contributed by atoms with Crippen molar-refractivity contribution in [1.82, 2.24) is 10.6 Å². The maximum absolute atomic E-state index is 11.7. The van der Waals surface area contributed by atoms with Gasteiger partial charge >= 0.3 is 12.2 Å². The van der Waals surface area contributed by atoms with Crippen LogP contribution in [0.4, 0.5) is 15.3 Å². The van der Waals surface area contributed by atoms with Crippen molar-refractivity contribution < 1.29 is 33.3 Å². The van der Waals surface area contributed by atoms with Crippen LogP contribution in [0.25, 0.3) is 0 Å². The van der Waals surface area contributed by atoms with Crippen LogP contribution in [-0.4, -0.2) is 58.0 Å². The summed E-state index contributed by atoms with van der Waals surface area (Å²) in [6.45, 7) is 4.83. The SMILES string of the molecule is Nc1ccc(CCNC(=O)OCc2ccccc2)cc1.O=C(NCCc1ccc(CCC2COC2)cc1)OCc1ccccc1.O=CC1COC1. The highest BCUT2D eigenvalue weighted by atomic mass is 16.6. The van der Waals surface area contributed by atoms with Crippen LogP contribution in [0, 0.1) is 11.8 Å². The third-order valence-electron chi connectivity index (χ3n) is 8.20. The van der Waals surface area contributed by atoms with Crippen molar-refractivity contribution in [3.05, 3.63) is 137 Å². The molecule has 270 valence electrons. The first-order valence-electron chi connectivity index (χ1n) is 17.4. The number of nitrogens with one attached hydrogen (secondary N) is 2. The fourth-order valence-electron chi connectivity index (χ4n) is 4.88. The summed E-state index contributed by atoms with van der Waals surface area (Å²) in [5.74, 6) is 0.954. The first-order chi connectivity index (χ1) is 25.0. The molecule has 4 N–H and O–H groups in total. The second-order valence-corrected chi connectivity index (χ2v) is 12.4. The molecular formula is C41H49N3O7. The molecule has 2 fully saturated rings. The zero-order valence-corrected chi connectivity index (χ0v) is 29.0. The summed E-state index contributed by atoms with van der Waals surface area (Å²) in [5, 5.41) is 5.52. The molecule has 0 aliphatic carbocycles. The Balaban J connectivity index is 0.000000200. The molecule has 10 nitrogen and oxygen atoms in total. The lowest BCUT2D eigenvalue weighted by atomic mass is 9.97. The van der Waals surface area contributed by atoms with Crippen LogP contribution >= 0.6 is 0 Å². The highest BCUT2D eigenvalue weighted by molar-refractivity contribution is 5.67. The first-order valence-corrected chi connectivity index (χ1v) is 17.4. The highest BCUT2D eigenvalue weighted by Gasteiger charge is 2.17. The van der Waals surface area contributed by atoms with Crippen molar-refractivity contribution in [3.63, 3.8) is 0 Å². The van der Waals surface area contributed by atoms with Gasteiger partial charge in [0.1, 0.15) is 19.5 Å². The average Bonchev–Trinajstić information content (AvgIpc) is 3.12. The van der Waals surface area contributed by atoms with Gasteiger partial charge in [0.25, 0.3) is 0 Å². The van der Waals surface area contributed by atoms with Gasteiger partial charge in [-0.2, -0.15) is 0 Å². The van der Waals surface area contributed by atoms with Crippen molar-refractivity contribution in [3.8, 4) is 0 Å². The van der Waals surface area contributed by atoms with E-state index in [1.807, 2.05) is 84.9 Å². The molecule has 2 saturated heterocycles. The minimum Gasteiger partial charge on any atom is -0.445 e. The second kappa shape index (κ2) is 22.5. The van der Waals surface area contributed by atoms with Crippen molar-refractivity contribution in [2.75, 3.05) is 45.3 Å². The number of hydrogen-bond donors (Lipinski definition) is 3. The van der Waals surface area contributed by atoms with Gasteiger partial charge in [-0.3, -0.25) is 0 Å². The van der Waals surface area contributed by atoms with E-state index in [-0.39, 0.29) is 18.6 Å². The predicted octanol–water partition coefficient (Wildman–Crippen LogP) is 6.30. The summed E-state index contributed by atoms with van der Waals surface area (Å²) in [4.78, 5) is 32.9. The quantitative estimate of drug-likeness (QED) is 0.103. The molecule has 2 aliphatic heterocycles. The number of ether oxygens (including phenoxy) is 4. The molecule has 0 saturated carbocycles. The average molecular weight is 696 g/mol. The van der Waals surface area contributed by atoms with Gasteiger partial charge in [0, 0.05) is 24.7 Å². The maximum Gasteiger partial charge on any atom is 0.407 e. The molecule has 4 aromatic rings. The van der Waals surface area contributed by atoms with E-state index in [4.69, 9.17) is 24.7 Å². The smallest absolute Gasteiger partial charge is 0.407 e. The molecule has 0 aromatic heterocycles. The molecule has 0 atom stereocenters. The standard InChI is InChI=1S/C21H25NO3.C16H18N2O2.C4H6O2/c23-21(25-16-19-4-2-1-3-5-19)22-13-12-18-8-6-17(7-9-18)10-11-20-14-24-15-20;17-15-8-6-13(7-9-15)10-11-18-16(19)20-12-14-4-2-1-3-5-14;5-1-4-2-6-3-4/h1-9,20H,10-16H2,(H,22,23);1-9H,10-12,17H2,(H,18,19);1,4H,2-3H2. The fraction of sp³-hybridized carbons (Fsp3) is 0.341. The largest absolute Gasteiger partial charge is 0.445 e. The van der Waals surface area contributed by atoms with Gasteiger partial charge in [-0.25, -0.2) is 9.59 Å². The van der Waals surface area contributed by atoms with Gasteiger partial charge in [0.2, 0.25) is 0 Å². The Labute approximate surface area is 300 Å². The molecule has 0 bridgehead atoms. The number of carbonyl (C=O) groups excluding carboxylic acids is 3. The lowest BCUT2D eigenvalue weighted by Crippen LogP contribution is -2.28. The van der Waals surface area contributed by atoms with E-state index < -0.39 is 6.09 Å². The first kappa shape index (κ1) is 38.6. The molecule has 2 heterocycles. The Hall–Kier alpha value is -5.19. The van der Waals surface area contributed by atoms with Gasteiger partial charge in [0.15, 0.2) is 0 Å². The van der Waals surface area contributed by atoms with Crippen LogP contribution < -0.4 is 16.4 Å². The summed E-state index contributed by atoms with van der Waals surface area (Å²) < 4.78 is 20.2. The fourth-order valence-corrected chi connectivity index (χ4v) is 4.88. The number of benzene rings is 4. The molecule has 51 heavy (non-hydrogen) atoms. The van der Waals surface area contributed by atoms with Crippen molar-refractivity contribution in [2.45, 2.75) is 38.9 Å². The highest BCUT2D eigenvalue weighted by Crippen LogP contribution is 2.18. The lowest BCUT2D eigenvalue weighted by Gasteiger charge is -2.25. The van der Waals surface area contributed by atoms with Crippen LogP contribution in [0.2, 0.25) is 0 Å². The molecule has 0 spiro atoms. The number of rotatable bonds is 14. The predicted molar refractivity (Wildman–Crippen MR) is 197 cm³/mol. The Kier molecular flexibility index (Phi) is 17.0. The maximum atomic E-state index is 11.7. The molecule has 0 radical (unpaired) electrons. The zero-order valence-electron chi connectivity index (χ0n) is 29.0. The molecule has 2 aliphatic rings. The van der Waals surface area contributed by atoms with Gasteiger partial charge in [-0.05, 0) is 65.6 Å². The summed E-state index contributed by atoms with van der Waals surface area (Å²) in [5.41, 5.74) is 12.0. The number of aryl methyl sites for hydroxylation is 1. The van der Waals surface area contributed by atoms with E-state index in [9.17, 15) is 14.4 Å². The number of hydrogen-bond acceptors (Lipinski definition) is 8. The van der Waals surface area contributed by atoms with Crippen LogP contribution in [0.1, 0.15) is 34.2 Å². The minimum atomic E-state index is -0.399. The zero-order chi connectivity index (χ0) is 35.9. The molecular weight excluding hydrogens is 646 g/mol. The van der Waals surface area contributed by atoms with Crippen LogP contribution in [0.3, 0.4) is 0 Å². The number of nitrogens with two attached hydrogens (primary N) is 1. The van der Waals surface area contributed by atoms with E-state index in [2.05, 4.69) is 34.9 Å². The van der Waals surface area contributed by atoms with Crippen LogP contribution in [-0.2, 0) is 56.2 Å². The van der Waals surface area contributed by atoms with Gasteiger partial charge in [-0.1, -0.05) is 97.1 Å². The molecule has 2 amide bonds. The van der Waals surface area contributed by atoms with E-state index in [0.29, 0.717) is 32.9 Å². The molecule has 10 heteroatoms. The number of nitrogen functional groups attached to an aromatic ring is 1. The van der Waals surface area contributed by atoms with Crippen molar-refractivity contribution >= 4 is 24.2 Å². The number of carbonyl (C=O) groups is 3. The monoisotopic (exact) mass is 695 g/mol. The Bertz CT molecular complexity index is 1560. The van der Waals surface area contributed by atoms with Crippen LogP contribution in [0.15, 0.2) is 109 Å². The Morgan fingerprint density at radius 2 is 1.04 bits per heavy atom. The van der Waals surface area contributed by atoms with E-state index >= 15 is 0 Å². The molecule has 4 aromatic carbocycles. The summed E-state index contributed by atoms with van der Waals surface area (Å²) in [7, 11) is 0. The summed E-state index contributed by atoms with van der Waals surface area (Å²) in [6, 6.07) is 35.5. The number of anilines is 1. The Morgan fingerprint density at radius 1 is 0.608 bits per heavy atom. The molecule has 6 rings (SSSR count). The van der Waals surface area contributed by atoms with Gasteiger partial charge < -0.3 is 40.1 Å². The topological polar surface area (TPSA) is 138 Å². The van der Waals surface area contributed by atoms with Gasteiger partial charge in [0.05, 0.1) is 32.3 Å². The number of aldehydes is 1. The summed E-state index contributed by atoms with van der Waals surface area (Å²) >= 11 is 0. The van der Waals surface area contributed by atoms with Crippen LogP contribution in [0.5, 0.6) is 0 Å². The third-order valence-corrected chi connectivity index (χ3v) is 8.20. The Morgan fingerprint density at radius 3 is 1.41 bits per heavy atom.